The van der Waals surface area contributed by atoms with E-state index in [1.807, 2.05) is 13.8 Å². The zero-order chi connectivity index (χ0) is 22.6. The van der Waals surface area contributed by atoms with Crippen molar-refractivity contribution >= 4 is 17.6 Å². The SMILES string of the molecule is COc1cc(OC)c(NC(=O)C(C)(C)CCCCCCCCCC(=O)O)c(OC)c1. The number of aliphatic carboxylic acids is 1. The highest BCUT2D eigenvalue weighted by Crippen LogP contribution is 2.40. The van der Waals surface area contributed by atoms with E-state index >= 15 is 0 Å². The zero-order valence-electron chi connectivity index (χ0n) is 19.0. The number of amides is 1. The number of unbranched alkanes of at least 4 members (excludes halogenated alkanes) is 6. The first-order valence-corrected chi connectivity index (χ1v) is 10.6. The second-order valence-electron chi connectivity index (χ2n) is 8.11. The molecule has 0 saturated heterocycles. The Morgan fingerprint density at radius 2 is 1.37 bits per heavy atom. The highest BCUT2D eigenvalue weighted by Gasteiger charge is 2.29. The van der Waals surface area contributed by atoms with E-state index in [0.29, 0.717) is 22.9 Å². The molecule has 0 aromatic heterocycles. The van der Waals surface area contributed by atoms with Crippen molar-refractivity contribution in [2.75, 3.05) is 26.6 Å². The molecule has 30 heavy (non-hydrogen) atoms. The van der Waals surface area contributed by atoms with Gasteiger partial charge in [0, 0.05) is 24.0 Å². The lowest BCUT2D eigenvalue weighted by Crippen LogP contribution is -2.31. The van der Waals surface area contributed by atoms with Crippen LogP contribution < -0.4 is 19.5 Å². The van der Waals surface area contributed by atoms with Crippen LogP contribution in [0.1, 0.15) is 71.6 Å². The minimum Gasteiger partial charge on any atom is -0.496 e. The van der Waals surface area contributed by atoms with E-state index in [-0.39, 0.29) is 12.3 Å². The Kier molecular flexibility index (Phi) is 11.1. The molecule has 2 N–H and O–H groups in total. The number of anilines is 1. The molecule has 0 fully saturated rings. The van der Waals surface area contributed by atoms with Crippen molar-refractivity contribution in [1.82, 2.24) is 0 Å². The monoisotopic (exact) mass is 423 g/mol. The first-order valence-electron chi connectivity index (χ1n) is 10.6. The fourth-order valence-electron chi connectivity index (χ4n) is 3.25. The van der Waals surface area contributed by atoms with Crippen molar-refractivity contribution in [3.63, 3.8) is 0 Å². The molecule has 0 aliphatic carbocycles. The molecule has 0 unspecified atom stereocenters. The Hall–Kier alpha value is -2.44. The van der Waals surface area contributed by atoms with Crippen molar-refractivity contribution in [2.24, 2.45) is 5.41 Å². The van der Waals surface area contributed by atoms with Crippen LogP contribution in [0, 0.1) is 5.41 Å². The highest BCUT2D eigenvalue weighted by molar-refractivity contribution is 5.97. The highest BCUT2D eigenvalue weighted by atomic mass is 16.5. The average molecular weight is 424 g/mol. The number of carboxylic acid groups (broad SMARTS) is 1. The summed E-state index contributed by atoms with van der Waals surface area (Å²) >= 11 is 0. The summed E-state index contributed by atoms with van der Waals surface area (Å²) in [6.45, 7) is 3.88. The molecule has 170 valence electrons. The van der Waals surface area contributed by atoms with Gasteiger partial charge in [0.25, 0.3) is 0 Å². The Balaban J connectivity index is 2.50. The molecule has 1 aromatic carbocycles. The molecule has 0 aliphatic heterocycles. The fourth-order valence-corrected chi connectivity index (χ4v) is 3.25. The Morgan fingerprint density at radius 3 is 1.83 bits per heavy atom. The third kappa shape index (κ3) is 8.51. The lowest BCUT2D eigenvalue weighted by Gasteiger charge is -2.25. The van der Waals surface area contributed by atoms with Crippen LogP contribution in [0.3, 0.4) is 0 Å². The Bertz CT molecular complexity index is 661. The van der Waals surface area contributed by atoms with E-state index < -0.39 is 11.4 Å². The molecule has 1 rings (SSSR count). The maximum Gasteiger partial charge on any atom is 0.303 e. The molecule has 1 amide bonds. The Morgan fingerprint density at radius 1 is 0.867 bits per heavy atom. The third-order valence-electron chi connectivity index (χ3n) is 5.26. The molecular formula is C23H37NO6. The number of carbonyl (C=O) groups excluding carboxylic acids is 1. The summed E-state index contributed by atoms with van der Waals surface area (Å²) in [5.41, 5.74) is -0.0301. The molecule has 0 atom stereocenters. The van der Waals surface area contributed by atoms with Crippen LogP contribution in [-0.2, 0) is 9.59 Å². The number of ether oxygens (including phenoxy) is 3. The first-order chi connectivity index (χ1) is 14.2. The van der Waals surface area contributed by atoms with Crippen molar-refractivity contribution in [2.45, 2.75) is 71.6 Å². The standard InChI is InChI=1S/C23H37NO6/c1-23(2,14-12-10-8-6-7-9-11-13-20(25)26)22(27)24-21-18(29-4)15-17(28-3)16-19(21)30-5/h15-16H,6-14H2,1-5H3,(H,24,27)(H,25,26). The molecule has 7 nitrogen and oxygen atoms in total. The molecular weight excluding hydrogens is 386 g/mol. The number of methoxy groups -OCH3 is 3. The minimum atomic E-state index is -0.722. The van der Waals surface area contributed by atoms with E-state index in [1.54, 1.807) is 19.2 Å². The maximum absolute atomic E-state index is 12.9. The predicted molar refractivity (Wildman–Crippen MR) is 118 cm³/mol. The van der Waals surface area contributed by atoms with Crippen molar-refractivity contribution < 1.29 is 28.9 Å². The summed E-state index contributed by atoms with van der Waals surface area (Å²) in [6, 6.07) is 3.42. The van der Waals surface area contributed by atoms with Crippen LogP contribution in [0.5, 0.6) is 17.2 Å². The molecule has 7 heteroatoms. The van der Waals surface area contributed by atoms with E-state index in [9.17, 15) is 9.59 Å². The summed E-state index contributed by atoms with van der Waals surface area (Å²) in [6.07, 6.45) is 8.04. The summed E-state index contributed by atoms with van der Waals surface area (Å²) < 4.78 is 16.1. The number of carbonyl (C=O) groups is 2. The van der Waals surface area contributed by atoms with E-state index in [4.69, 9.17) is 19.3 Å². The molecule has 0 spiro atoms. The van der Waals surface area contributed by atoms with Crippen LogP contribution in [0.25, 0.3) is 0 Å². The normalized spacial score (nSPS) is 11.1. The maximum atomic E-state index is 12.9. The largest absolute Gasteiger partial charge is 0.496 e. The van der Waals surface area contributed by atoms with Crippen molar-refractivity contribution in [3.8, 4) is 17.2 Å². The van der Waals surface area contributed by atoms with Crippen LogP contribution in [0.15, 0.2) is 12.1 Å². The first kappa shape index (κ1) is 25.6. The number of hydrogen-bond donors (Lipinski definition) is 2. The van der Waals surface area contributed by atoms with Gasteiger partial charge in [-0.2, -0.15) is 0 Å². The van der Waals surface area contributed by atoms with Gasteiger partial charge in [0.2, 0.25) is 5.91 Å². The van der Waals surface area contributed by atoms with E-state index in [2.05, 4.69) is 5.32 Å². The third-order valence-corrected chi connectivity index (χ3v) is 5.26. The fraction of sp³-hybridized carbons (Fsp3) is 0.652. The molecule has 0 aliphatic rings. The van der Waals surface area contributed by atoms with Crippen LogP contribution in [0.2, 0.25) is 0 Å². The number of nitrogens with one attached hydrogen (secondary N) is 1. The van der Waals surface area contributed by atoms with Crippen molar-refractivity contribution in [1.29, 1.82) is 0 Å². The van der Waals surface area contributed by atoms with E-state index in [0.717, 1.165) is 51.4 Å². The lowest BCUT2D eigenvalue weighted by molar-refractivity contribution is -0.137. The van der Waals surface area contributed by atoms with Crippen LogP contribution >= 0.6 is 0 Å². The van der Waals surface area contributed by atoms with Gasteiger partial charge in [-0.05, 0) is 12.8 Å². The lowest BCUT2D eigenvalue weighted by atomic mass is 9.85. The van der Waals surface area contributed by atoms with Gasteiger partial charge in [-0.3, -0.25) is 9.59 Å². The molecule has 0 radical (unpaired) electrons. The topological polar surface area (TPSA) is 94.1 Å². The van der Waals surface area contributed by atoms with Gasteiger partial charge in [-0.25, -0.2) is 0 Å². The van der Waals surface area contributed by atoms with Gasteiger partial charge in [-0.15, -0.1) is 0 Å². The molecule has 0 bridgehead atoms. The number of hydrogen-bond acceptors (Lipinski definition) is 5. The quantitative estimate of drug-likeness (QED) is 0.373. The Labute approximate surface area is 180 Å². The number of carboxylic acids is 1. The second kappa shape index (κ2) is 13.0. The van der Waals surface area contributed by atoms with Gasteiger partial charge >= 0.3 is 5.97 Å². The van der Waals surface area contributed by atoms with Crippen LogP contribution in [0.4, 0.5) is 5.69 Å². The van der Waals surface area contributed by atoms with Gasteiger partial charge in [-0.1, -0.05) is 52.4 Å². The van der Waals surface area contributed by atoms with Gasteiger partial charge in [0.05, 0.1) is 21.3 Å². The minimum absolute atomic E-state index is 0.0852. The van der Waals surface area contributed by atoms with Gasteiger partial charge in [0.1, 0.15) is 22.9 Å². The summed E-state index contributed by atoms with van der Waals surface area (Å²) in [4.78, 5) is 23.4. The van der Waals surface area contributed by atoms with Gasteiger partial charge < -0.3 is 24.6 Å². The average Bonchev–Trinajstić information content (AvgIpc) is 2.72. The summed E-state index contributed by atoms with van der Waals surface area (Å²) in [7, 11) is 4.64. The summed E-state index contributed by atoms with van der Waals surface area (Å²) in [5.74, 6) is 0.749. The molecule has 0 heterocycles. The molecule has 0 saturated carbocycles. The molecule has 1 aromatic rings. The van der Waals surface area contributed by atoms with Crippen LogP contribution in [-0.4, -0.2) is 38.3 Å². The van der Waals surface area contributed by atoms with E-state index in [1.165, 1.54) is 14.2 Å². The second-order valence-corrected chi connectivity index (χ2v) is 8.11. The smallest absolute Gasteiger partial charge is 0.303 e. The summed E-state index contributed by atoms with van der Waals surface area (Å²) in [5, 5.41) is 11.6. The van der Waals surface area contributed by atoms with Gasteiger partial charge in [0.15, 0.2) is 0 Å². The number of benzene rings is 1. The number of rotatable bonds is 15. The predicted octanol–water partition coefficient (Wildman–Crippen LogP) is 5.27. The van der Waals surface area contributed by atoms with Crippen molar-refractivity contribution in [3.05, 3.63) is 12.1 Å². The zero-order valence-corrected chi connectivity index (χ0v) is 19.0.